The second kappa shape index (κ2) is 53.9. The Balaban J connectivity index is 4.19. The quantitative estimate of drug-likeness (QED) is 0.0262. The van der Waals surface area contributed by atoms with Crippen LogP contribution in [0.2, 0.25) is 0 Å². The maximum Gasteiger partial charge on any atom is 0.306 e. The molecule has 0 N–H and O–H groups in total. The van der Waals surface area contributed by atoms with Gasteiger partial charge in [-0.3, -0.25) is 14.4 Å². The first-order valence-electron chi connectivity index (χ1n) is 27.2. The van der Waals surface area contributed by atoms with Gasteiger partial charge < -0.3 is 14.2 Å². The van der Waals surface area contributed by atoms with Gasteiger partial charge in [0.2, 0.25) is 0 Å². The van der Waals surface area contributed by atoms with E-state index < -0.39 is 6.10 Å². The van der Waals surface area contributed by atoms with Gasteiger partial charge in [-0.1, -0.05) is 240 Å². The van der Waals surface area contributed by atoms with E-state index in [4.69, 9.17) is 14.2 Å². The molecule has 0 aromatic rings. The highest BCUT2D eigenvalue weighted by Gasteiger charge is 2.19. The molecule has 0 heterocycles. The zero-order chi connectivity index (χ0) is 47.9. The highest BCUT2D eigenvalue weighted by atomic mass is 16.6. The van der Waals surface area contributed by atoms with Crippen LogP contribution >= 0.6 is 0 Å². The summed E-state index contributed by atoms with van der Waals surface area (Å²) in [6.45, 7) is 6.44. The van der Waals surface area contributed by atoms with Crippen molar-refractivity contribution < 1.29 is 28.6 Å². The van der Waals surface area contributed by atoms with Crippen LogP contribution in [-0.4, -0.2) is 37.2 Å². The van der Waals surface area contributed by atoms with Crippen molar-refractivity contribution in [1.29, 1.82) is 0 Å². The van der Waals surface area contributed by atoms with Crippen LogP contribution in [0, 0.1) is 0 Å². The number of hydrogen-bond donors (Lipinski definition) is 0. The molecule has 0 saturated carbocycles. The van der Waals surface area contributed by atoms with Crippen molar-refractivity contribution in [2.24, 2.45) is 0 Å². The summed E-state index contributed by atoms with van der Waals surface area (Å²) in [6.07, 6.45) is 71.4. The van der Waals surface area contributed by atoms with E-state index in [0.717, 1.165) is 122 Å². The first-order chi connectivity index (χ1) is 32.5. The van der Waals surface area contributed by atoms with Gasteiger partial charge in [0.1, 0.15) is 13.2 Å². The number of allylic oxidation sites excluding steroid dienone is 16. The lowest BCUT2D eigenvalue weighted by atomic mass is 10.0. The maximum absolute atomic E-state index is 12.7. The average Bonchev–Trinajstić information content (AvgIpc) is 3.31. The number of rotatable bonds is 48. The van der Waals surface area contributed by atoms with Crippen LogP contribution in [0.5, 0.6) is 0 Å². The lowest BCUT2D eigenvalue weighted by molar-refractivity contribution is -0.167. The molecule has 0 fully saturated rings. The first kappa shape index (κ1) is 62.3. The Labute approximate surface area is 407 Å². The number of carbonyl (C=O) groups excluding carboxylic acids is 3. The van der Waals surface area contributed by atoms with Gasteiger partial charge in [-0.25, -0.2) is 0 Å². The normalized spacial score (nSPS) is 12.8. The first-order valence-corrected chi connectivity index (χ1v) is 27.2. The summed E-state index contributed by atoms with van der Waals surface area (Å²) in [5.74, 6) is -0.920. The van der Waals surface area contributed by atoms with Crippen molar-refractivity contribution >= 4 is 17.9 Å². The Morgan fingerprint density at radius 2 is 0.591 bits per heavy atom. The van der Waals surface area contributed by atoms with E-state index in [1.54, 1.807) is 0 Å². The van der Waals surface area contributed by atoms with Gasteiger partial charge in [-0.2, -0.15) is 0 Å². The summed E-state index contributed by atoms with van der Waals surface area (Å²) in [5, 5.41) is 0. The molecular weight excluding hydrogens is 817 g/mol. The molecule has 6 heteroatoms. The number of esters is 3. The third kappa shape index (κ3) is 51.3. The molecule has 376 valence electrons. The Morgan fingerprint density at radius 1 is 0.318 bits per heavy atom. The van der Waals surface area contributed by atoms with Crippen molar-refractivity contribution in [2.75, 3.05) is 13.2 Å². The predicted octanol–water partition coefficient (Wildman–Crippen LogP) is 18.1. The molecule has 0 saturated heterocycles. The van der Waals surface area contributed by atoms with Crippen LogP contribution < -0.4 is 0 Å². The fraction of sp³-hybridized carbons (Fsp3) is 0.683. The van der Waals surface area contributed by atoms with Crippen molar-refractivity contribution in [3.05, 3.63) is 97.2 Å². The highest BCUT2D eigenvalue weighted by Crippen LogP contribution is 2.15. The lowest BCUT2D eigenvalue weighted by Crippen LogP contribution is -2.30. The summed E-state index contributed by atoms with van der Waals surface area (Å²) in [4.78, 5) is 37.7. The molecule has 0 amide bonds. The van der Waals surface area contributed by atoms with Gasteiger partial charge in [-0.05, 0) is 83.5 Å². The third-order valence-electron chi connectivity index (χ3n) is 11.4. The molecule has 1 atom stereocenters. The van der Waals surface area contributed by atoms with Gasteiger partial charge in [0, 0.05) is 19.3 Å². The standard InChI is InChI=1S/C60H100O6/c1-4-7-10-13-16-18-20-22-23-24-25-26-27-28-29-30-31-32-33-34-35-36-37-39-40-42-44-47-50-53-59(62)65-56-57(55-64-58(61)52-49-46-15-12-9-6-3)66-60(63)54-51-48-45-43-41-38-21-19-17-14-11-8-5-2/h7,10,16,18,22-23,25-26,28-29,31-32,34-35,37,39,57H,4-6,8-9,11-15,17,19-21,24,27,30,33,36,38,40-56H2,1-3H3/b10-7-,18-16-,23-22-,26-25-,29-28-,32-31-,35-34-,39-37-. The fourth-order valence-corrected chi connectivity index (χ4v) is 7.28. The van der Waals surface area contributed by atoms with E-state index in [-0.39, 0.29) is 31.1 Å². The van der Waals surface area contributed by atoms with E-state index in [1.807, 2.05) is 0 Å². The fourth-order valence-electron chi connectivity index (χ4n) is 7.28. The molecule has 0 spiro atoms. The zero-order valence-electron chi connectivity index (χ0n) is 42.9. The molecular formula is C60H100O6. The zero-order valence-corrected chi connectivity index (χ0v) is 42.9. The van der Waals surface area contributed by atoms with Crippen LogP contribution in [0.15, 0.2) is 97.2 Å². The molecule has 0 rings (SSSR count). The summed E-state index contributed by atoms with van der Waals surface area (Å²) in [5.41, 5.74) is 0. The number of carbonyl (C=O) groups is 3. The minimum Gasteiger partial charge on any atom is -0.462 e. The second-order valence-corrected chi connectivity index (χ2v) is 17.8. The Kier molecular flexibility index (Phi) is 50.9. The predicted molar refractivity (Wildman–Crippen MR) is 284 cm³/mol. The summed E-state index contributed by atoms with van der Waals surface area (Å²) < 4.78 is 16.7. The average molecular weight is 917 g/mol. The van der Waals surface area contributed by atoms with Crippen LogP contribution in [-0.2, 0) is 28.6 Å². The second-order valence-electron chi connectivity index (χ2n) is 17.8. The highest BCUT2D eigenvalue weighted by molar-refractivity contribution is 5.71. The molecule has 0 radical (unpaired) electrons. The summed E-state index contributed by atoms with van der Waals surface area (Å²) in [6, 6.07) is 0. The molecule has 66 heavy (non-hydrogen) atoms. The van der Waals surface area contributed by atoms with Gasteiger partial charge >= 0.3 is 17.9 Å². The van der Waals surface area contributed by atoms with Gasteiger partial charge in [0.15, 0.2) is 6.10 Å². The van der Waals surface area contributed by atoms with E-state index in [9.17, 15) is 14.4 Å². The van der Waals surface area contributed by atoms with Crippen LogP contribution in [0.4, 0.5) is 0 Å². The van der Waals surface area contributed by atoms with E-state index >= 15 is 0 Å². The van der Waals surface area contributed by atoms with Crippen LogP contribution in [0.1, 0.15) is 245 Å². The smallest absolute Gasteiger partial charge is 0.306 e. The largest absolute Gasteiger partial charge is 0.462 e. The molecule has 0 aliphatic carbocycles. The number of ether oxygens (including phenoxy) is 3. The Morgan fingerprint density at radius 3 is 0.924 bits per heavy atom. The van der Waals surface area contributed by atoms with Crippen molar-refractivity contribution in [3.8, 4) is 0 Å². The molecule has 0 aliphatic rings. The molecule has 1 unspecified atom stereocenters. The minimum absolute atomic E-state index is 0.0842. The molecule has 0 aromatic carbocycles. The van der Waals surface area contributed by atoms with E-state index in [2.05, 4.69) is 118 Å². The van der Waals surface area contributed by atoms with Gasteiger partial charge in [0.25, 0.3) is 0 Å². The molecule has 0 aliphatic heterocycles. The van der Waals surface area contributed by atoms with Gasteiger partial charge in [0.05, 0.1) is 0 Å². The van der Waals surface area contributed by atoms with E-state index in [1.165, 1.54) is 83.5 Å². The minimum atomic E-state index is -0.782. The van der Waals surface area contributed by atoms with Crippen LogP contribution in [0.3, 0.4) is 0 Å². The van der Waals surface area contributed by atoms with Crippen molar-refractivity contribution in [3.63, 3.8) is 0 Å². The monoisotopic (exact) mass is 917 g/mol. The van der Waals surface area contributed by atoms with Crippen molar-refractivity contribution in [1.82, 2.24) is 0 Å². The SMILES string of the molecule is CC/C=C\C/C=C\C/C=C\C/C=C\C/C=C\C/C=C\C/C=C\C/C=C\CCCCCCC(=O)OCC(COC(=O)CCCCCCCC)OC(=O)CCCCCCCCCCCCCCC. The number of hydrogen-bond acceptors (Lipinski definition) is 6. The van der Waals surface area contributed by atoms with E-state index in [0.29, 0.717) is 19.3 Å². The Hall–Kier alpha value is -3.67. The van der Waals surface area contributed by atoms with Crippen LogP contribution in [0.25, 0.3) is 0 Å². The summed E-state index contributed by atoms with van der Waals surface area (Å²) >= 11 is 0. The van der Waals surface area contributed by atoms with Crippen molar-refractivity contribution in [2.45, 2.75) is 252 Å². The molecule has 0 bridgehead atoms. The Bertz CT molecular complexity index is 1330. The third-order valence-corrected chi connectivity index (χ3v) is 11.4. The summed E-state index contributed by atoms with van der Waals surface area (Å²) in [7, 11) is 0. The molecule has 0 aromatic heterocycles. The van der Waals surface area contributed by atoms with Gasteiger partial charge in [-0.15, -0.1) is 0 Å². The lowest BCUT2D eigenvalue weighted by Gasteiger charge is -2.18. The maximum atomic E-state index is 12.7. The topological polar surface area (TPSA) is 78.9 Å². The molecule has 6 nitrogen and oxygen atoms in total. The number of unbranched alkanes of at least 4 members (excludes halogenated alkanes) is 21.